The molecule has 0 fully saturated rings. The topological polar surface area (TPSA) is 163 Å². The number of hydrogen-bond acceptors (Lipinski definition) is 6. The molecule has 172 valence electrons. The summed E-state index contributed by atoms with van der Waals surface area (Å²) in [5.41, 5.74) is 8.54. The molecule has 1 aromatic heterocycles. The summed E-state index contributed by atoms with van der Waals surface area (Å²) in [6.45, 7) is 2.13. The van der Waals surface area contributed by atoms with Crippen molar-refractivity contribution in [3.63, 3.8) is 0 Å². The van der Waals surface area contributed by atoms with Gasteiger partial charge < -0.3 is 9.52 Å². The van der Waals surface area contributed by atoms with Gasteiger partial charge in [-0.2, -0.15) is 10.5 Å². The number of hydrogen-bond donors (Lipinski definition) is 4. The number of nitro benzene ring substituents is 1. The lowest BCUT2D eigenvalue weighted by atomic mass is 10.0. The average molecular weight is 453 g/mol. The summed E-state index contributed by atoms with van der Waals surface area (Å²) in [6, 6.07) is 9.69. The number of phenolic OH excluding ortho intramolecular Hbond substituents is 1. The first kappa shape index (κ1) is 23.5. The van der Waals surface area contributed by atoms with Crippen molar-refractivity contribution in [3.05, 3.63) is 79.7 Å². The van der Waals surface area contributed by atoms with Crippen LogP contribution >= 0.6 is 0 Å². The Morgan fingerprint density at radius 2 is 1.91 bits per heavy atom. The molecule has 0 aliphatic carbocycles. The molecule has 0 saturated heterocycles. The largest absolute Gasteiger partial charge is 0.508 e. The van der Waals surface area contributed by atoms with Crippen LogP contribution in [0.3, 0.4) is 0 Å². The average Bonchev–Trinajstić information content (AvgIpc) is 2.80. The van der Waals surface area contributed by atoms with Crippen molar-refractivity contribution in [3.8, 4) is 5.75 Å². The summed E-state index contributed by atoms with van der Waals surface area (Å²) in [5, 5.41) is 24.0. The Balaban J connectivity index is 1.80. The summed E-state index contributed by atoms with van der Waals surface area (Å²) in [6.07, 6.45) is 4.92. The standard InChI is InChI=1S/C23H24N4O6/c1-2-3-4-5-6-15-11-16-12-18(23(30)33-20(16)13-19(15)28)21(24)25-26-22(29)14-7-9-17(10-8-14)27(31)32/h7-13,28H,2-6H2,1H3,(H2,24,25)(H,26,29)/p+1. The van der Waals surface area contributed by atoms with Gasteiger partial charge >= 0.3 is 11.5 Å². The fourth-order valence-corrected chi connectivity index (χ4v) is 3.33. The van der Waals surface area contributed by atoms with E-state index in [0.717, 1.165) is 31.2 Å². The number of nitrogens with two attached hydrogens (primary N) is 1. The van der Waals surface area contributed by atoms with Crippen molar-refractivity contribution >= 4 is 28.4 Å². The van der Waals surface area contributed by atoms with Gasteiger partial charge in [0.2, 0.25) is 0 Å². The van der Waals surface area contributed by atoms with Crippen LogP contribution in [-0.2, 0) is 6.42 Å². The third-order valence-electron chi connectivity index (χ3n) is 5.17. The second kappa shape index (κ2) is 10.4. The number of hydrazine groups is 1. The molecule has 3 aromatic rings. The van der Waals surface area contributed by atoms with Gasteiger partial charge in [0.1, 0.15) is 11.3 Å². The number of aryl methyl sites for hydroxylation is 1. The first-order valence-electron chi connectivity index (χ1n) is 10.5. The molecule has 0 saturated carbocycles. The predicted octanol–water partition coefficient (Wildman–Crippen LogP) is 1.66. The number of hydrazone groups is 1. The lowest BCUT2D eigenvalue weighted by Crippen LogP contribution is -2.86. The number of benzene rings is 2. The maximum Gasteiger partial charge on any atom is 0.352 e. The van der Waals surface area contributed by atoms with E-state index in [1.165, 1.54) is 36.4 Å². The zero-order valence-corrected chi connectivity index (χ0v) is 18.1. The third-order valence-corrected chi connectivity index (χ3v) is 5.17. The van der Waals surface area contributed by atoms with Crippen LogP contribution in [0.2, 0.25) is 0 Å². The van der Waals surface area contributed by atoms with E-state index >= 15 is 0 Å². The number of amides is 1. The van der Waals surface area contributed by atoms with Crippen LogP contribution < -0.4 is 21.9 Å². The first-order valence-corrected chi connectivity index (χ1v) is 10.5. The van der Waals surface area contributed by atoms with E-state index in [1.54, 1.807) is 6.07 Å². The highest BCUT2D eigenvalue weighted by molar-refractivity contribution is 5.97. The summed E-state index contributed by atoms with van der Waals surface area (Å²) in [5.74, 6) is -0.670. The predicted molar refractivity (Wildman–Crippen MR) is 122 cm³/mol. The van der Waals surface area contributed by atoms with Crippen LogP contribution in [0.5, 0.6) is 5.75 Å². The van der Waals surface area contributed by atoms with E-state index in [2.05, 4.69) is 17.5 Å². The van der Waals surface area contributed by atoms with Gasteiger partial charge in [0.05, 0.1) is 4.92 Å². The van der Waals surface area contributed by atoms with Crippen LogP contribution in [0.25, 0.3) is 11.0 Å². The minimum atomic E-state index is -0.743. The maximum atomic E-state index is 12.4. The zero-order valence-electron chi connectivity index (χ0n) is 18.1. The van der Waals surface area contributed by atoms with Crippen molar-refractivity contribution in [2.45, 2.75) is 39.0 Å². The van der Waals surface area contributed by atoms with Crippen molar-refractivity contribution < 1.29 is 24.3 Å². The van der Waals surface area contributed by atoms with E-state index in [9.17, 15) is 24.8 Å². The number of phenols is 1. The number of nitrogens with zero attached hydrogens (tertiary/aromatic N) is 1. The Bertz CT molecular complexity index is 1260. The van der Waals surface area contributed by atoms with Crippen molar-refractivity contribution in [2.75, 3.05) is 0 Å². The van der Waals surface area contributed by atoms with Gasteiger partial charge in [0.25, 0.3) is 11.6 Å². The lowest BCUT2D eigenvalue weighted by Gasteiger charge is -2.07. The monoisotopic (exact) mass is 453 g/mol. The molecule has 3 rings (SSSR count). The van der Waals surface area contributed by atoms with Crippen LogP contribution in [-0.4, -0.2) is 21.8 Å². The van der Waals surface area contributed by atoms with Crippen LogP contribution in [0.1, 0.15) is 54.1 Å². The highest BCUT2D eigenvalue weighted by Gasteiger charge is 2.16. The molecular weight excluding hydrogens is 428 g/mol. The first-order chi connectivity index (χ1) is 15.8. The normalized spacial score (nSPS) is 11.5. The molecule has 5 N–H and O–H groups in total. The Hall–Kier alpha value is -4.21. The number of unbranched alkanes of at least 4 members (excludes halogenated alkanes) is 3. The molecular formula is C23H25N4O6+. The molecule has 0 aliphatic heterocycles. The molecule has 0 bridgehead atoms. The van der Waals surface area contributed by atoms with Gasteiger partial charge in [-0.15, -0.1) is 0 Å². The van der Waals surface area contributed by atoms with E-state index in [4.69, 9.17) is 10.2 Å². The minimum Gasteiger partial charge on any atom is -0.508 e. The van der Waals surface area contributed by atoms with E-state index in [-0.39, 0.29) is 34.0 Å². The van der Waals surface area contributed by atoms with Crippen LogP contribution in [0, 0.1) is 10.1 Å². The zero-order chi connectivity index (χ0) is 24.0. The van der Waals surface area contributed by atoms with Crippen molar-refractivity contribution in [1.82, 2.24) is 5.43 Å². The number of rotatable bonds is 9. The maximum absolute atomic E-state index is 12.4. The Labute approximate surface area is 188 Å². The molecule has 10 nitrogen and oxygen atoms in total. The van der Waals surface area contributed by atoms with Gasteiger partial charge in [0, 0.05) is 29.1 Å². The quantitative estimate of drug-likeness (QED) is 0.0956. The fourth-order valence-electron chi connectivity index (χ4n) is 3.33. The van der Waals surface area contributed by atoms with Crippen LogP contribution in [0.15, 0.2) is 51.7 Å². The highest BCUT2D eigenvalue weighted by atomic mass is 16.6. The smallest absolute Gasteiger partial charge is 0.352 e. The molecule has 0 aliphatic rings. The number of nitrogen functional groups attached to an aromatic ring is 1. The number of carbonyl (C=O) groups is 1. The number of non-ortho nitro benzene ring substituents is 1. The van der Waals surface area contributed by atoms with E-state index in [1.807, 2.05) is 0 Å². The summed E-state index contributed by atoms with van der Waals surface area (Å²) < 4.78 is 5.29. The summed E-state index contributed by atoms with van der Waals surface area (Å²) in [4.78, 5) is 34.8. The molecule has 10 heteroatoms. The molecule has 33 heavy (non-hydrogen) atoms. The molecule has 0 spiro atoms. The second-order valence-electron chi connectivity index (χ2n) is 7.57. The second-order valence-corrected chi connectivity index (χ2v) is 7.57. The molecule has 0 unspecified atom stereocenters. The van der Waals surface area contributed by atoms with Crippen molar-refractivity contribution in [1.29, 1.82) is 0 Å². The third kappa shape index (κ3) is 5.73. The van der Waals surface area contributed by atoms with E-state index < -0.39 is 16.5 Å². The number of amidine groups is 1. The Morgan fingerprint density at radius 1 is 1.18 bits per heavy atom. The molecule has 1 amide bonds. The number of fused-ring (bicyclic) bond motifs is 1. The summed E-state index contributed by atoms with van der Waals surface area (Å²) >= 11 is 0. The fraction of sp³-hybridized carbons (Fsp3) is 0.261. The molecule has 0 atom stereocenters. The van der Waals surface area contributed by atoms with Crippen molar-refractivity contribution in [2.24, 2.45) is 5.73 Å². The van der Waals surface area contributed by atoms with Gasteiger partial charge in [-0.05, 0) is 42.7 Å². The lowest BCUT2D eigenvalue weighted by molar-refractivity contribution is -0.508. The molecule has 0 radical (unpaired) electrons. The van der Waals surface area contributed by atoms with Gasteiger partial charge in [-0.25, -0.2) is 4.79 Å². The number of aromatic hydroxyl groups is 1. The van der Waals surface area contributed by atoms with Gasteiger partial charge in [-0.1, -0.05) is 26.2 Å². The minimum absolute atomic E-state index is 0.00845. The van der Waals surface area contributed by atoms with E-state index in [0.29, 0.717) is 11.8 Å². The molecule has 2 aromatic carbocycles. The number of nitrogens with one attached hydrogen (secondary N) is 2. The van der Waals surface area contributed by atoms with Gasteiger partial charge in [-0.3, -0.25) is 20.6 Å². The molecule has 1 heterocycles. The SMILES string of the molecule is CCCCCCc1cc2cc(C(N)=[NH+]NC(=O)c3ccc([N+](=O)[O-])cc3)c(=O)oc2cc1O. The van der Waals surface area contributed by atoms with Gasteiger partial charge in [0.15, 0.2) is 5.56 Å². The Morgan fingerprint density at radius 3 is 2.58 bits per heavy atom. The summed E-state index contributed by atoms with van der Waals surface area (Å²) in [7, 11) is 0. The number of carbonyl (C=O) groups excluding carboxylic acids is 1. The Kier molecular flexibility index (Phi) is 7.39. The number of nitro groups is 1. The van der Waals surface area contributed by atoms with Crippen LogP contribution in [0.4, 0.5) is 5.69 Å². The highest BCUT2D eigenvalue weighted by Crippen LogP contribution is 2.26.